The van der Waals surface area contributed by atoms with Crippen LogP contribution in [0.2, 0.25) is 0 Å². The van der Waals surface area contributed by atoms with Crippen LogP contribution in [-0.4, -0.2) is 29.8 Å². The smallest absolute Gasteiger partial charge is 0.244 e. The number of carbonyl (C=O) groups excluding carboxylic acids is 3. The van der Waals surface area contributed by atoms with Crippen molar-refractivity contribution in [1.29, 1.82) is 0 Å². The van der Waals surface area contributed by atoms with Crippen LogP contribution in [0.25, 0.3) is 0 Å². The van der Waals surface area contributed by atoms with E-state index in [1.165, 1.54) is 0 Å². The van der Waals surface area contributed by atoms with E-state index in [0.717, 1.165) is 18.4 Å². The molecule has 1 saturated heterocycles. The van der Waals surface area contributed by atoms with E-state index >= 15 is 0 Å². The lowest BCUT2D eigenvalue weighted by Crippen LogP contribution is -2.65. The molecule has 4 N–H and O–H groups in total. The van der Waals surface area contributed by atoms with Gasteiger partial charge in [0.05, 0.1) is 5.92 Å². The highest BCUT2D eigenvalue weighted by molar-refractivity contribution is 5.99. The lowest BCUT2D eigenvalue weighted by atomic mass is 9.90. The molecule has 0 aromatic heterocycles. The lowest BCUT2D eigenvalue weighted by Gasteiger charge is -2.33. The Labute approximate surface area is 135 Å². The van der Waals surface area contributed by atoms with Gasteiger partial charge in [0.1, 0.15) is 12.1 Å². The van der Waals surface area contributed by atoms with E-state index in [4.69, 9.17) is 5.73 Å². The van der Waals surface area contributed by atoms with E-state index in [-0.39, 0.29) is 11.8 Å². The molecule has 1 unspecified atom stereocenters. The molecule has 23 heavy (non-hydrogen) atoms. The Bertz CT molecular complexity index is 574. The minimum absolute atomic E-state index is 0.277. The minimum atomic E-state index is -0.876. The molecule has 1 heterocycles. The van der Waals surface area contributed by atoms with Crippen LogP contribution in [0.1, 0.15) is 31.7 Å². The number of piperazine rings is 1. The van der Waals surface area contributed by atoms with Gasteiger partial charge in [-0.3, -0.25) is 14.4 Å². The summed E-state index contributed by atoms with van der Waals surface area (Å²) in [5, 5.41) is 5.39. The molecule has 0 aliphatic carbocycles. The highest BCUT2D eigenvalue weighted by Gasteiger charge is 2.40. The van der Waals surface area contributed by atoms with E-state index in [9.17, 15) is 14.4 Å². The first-order chi connectivity index (χ1) is 11.0. The molecule has 1 aromatic rings. The Morgan fingerprint density at radius 1 is 1.17 bits per heavy atom. The van der Waals surface area contributed by atoms with E-state index < -0.39 is 23.9 Å². The van der Waals surface area contributed by atoms with Gasteiger partial charge in [0.25, 0.3) is 0 Å². The molecule has 3 atom stereocenters. The van der Waals surface area contributed by atoms with Crippen LogP contribution in [-0.2, 0) is 20.8 Å². The number of carbonyl (C=O) groups is 3. The summed E-state index contributed by atoms with van der Waals surface area (Å²) in [7, 11) is 0. The van der Waals surface area contributed by atoms with Gasteiger partial charge < -0.3 is 16.4 Å². The standard InChI is InChI=1S/C17H23N3O3/c1-2-3-9-12(15(18)21)14-17(23)19-13(16(22)20-14)10-11-7-5-4-6-8-11/h4-8,12-14H,2-3,9-10H2,1H3,(H2,18,21)(H,19,23)(H,20,22)/t12?,13-,14-/m0/s1. The Morgan fingerprint density at radius 2 is 1.87 bits per heavy atom. The molecule has 1 aliphatic rings. The first-order valence-corrected chi connectivity index (χ1v) is 7.97. The Morgan fingerprint density at radius 3 is 2.48 bits per heavy atom. The van der Waals surface area contributed by atoms with Crippen molar-refractivity contribution in [3.05, 3.63) is 35.9 Å². The average Bonchev–Trinajstić information content (AvgIpc) is 2.52. The van der Waals surface area contributed by atoms with Crippen LogP contribution in [0.4, 0.5) is 0 Å². The summed E-state index contributed by atoms with van der Waals surface area (Å²) >= 11 is 0. The van der Waals surface area contributed by atoms with E-state index in [1.807, 2.05) is 37.3 Å². The van der Waals surface area contributed by atoms with Crippen LogP contribution in [0.15, 0.2) is 30.3 Å². The molecule has 1 aliphatic heterocycles. The number of nitrogens with two attached hydrogens (primary N) is 1. The number of hydrogen-bond acceptors (Lipinski definition) is 3. The molecule has 6 nitrogen and oxygen atoms in total. The number of benzene rings is 1. The topological polar surface area (TPSA) is 101 Å². The Balaban J connectivity index is 2.04. The van der Waals surface area contributed by atoms with E-state index in [0.29, 0.717) is 12.8 Å². The molecular formula is C17H23N3O3. The fourth-order valence-corrected chi connectivity index (χ4v) is 2.82. The molecule has 6 heteroatoms. The number of hydrogen-bond donors (Lipinski definition) is 3. The van der Waals surface area contributed by atoms with Gasteiger partial charge in [0.2, 0.25) is 17.7 Å². The van der Waals surface area contributed by atoms with Gasteiger partial charge in [-0.25, -0.2) is 0 Å². The predicted octanol–water partition coefficient (Wildman–Crippen LogP) is 0.504. The van der Waals surface area contributed by atoms with Crippen LogP contribution < -0.4 is 16.4 Å². The molecule has 0 saturated carbocycles. The fraction of sp³-hybridized carbons (Fsp3) is 0.471. The van der Waals surface area contributed by atoms with Crippen molar-refractivity contribution in [1.82, 2.24) is 10.6 Å². The van der Waals surface area contributed by atoms with E-state index in [1.54, 1.807) is 0 Å². The van der Waals surface area contributed by atoms with Crippen molar-refractivity contribution in [2.45, 2.75) is 44.7 Å². The third-order valence-electron chi connectivity index (χ3n) is 4.13. The van der Waals surface area contributed by atoms with Crippen molar-refractivity contribution in [3.8, 4) is 0 Å². The molecular weight excluding hydrogens is 294 g/mol. The second kappa shape index (κ2) is 7.76. The maximum atomic E-state index is 12.3. The summed E-state index contributed by atoms with van der Waals surface area (Å²) in [6, 6.07) is 7.96. The van der Waals surface area contributed by atoms with Crippen LogP contribution >= 0.6 is 0 Å². The maximum Gasteiger partial charge on any atom is 0.244 e. The average molecular weight is 317 g/mol. The Kier molecular flexibility index (Phi) is 5.73. The van der Waals surface area contributed by atoms with Gasteiger partial charge in [0.15, 0.2) is 0 Å². The van der Waals surface area contributed by atoms with Gasteiger partial charge in [-0.15, -0.1) is 0 Å². The van der Waals surface area contributed by atoms with Crippen molar-refractivity contribution >= 4 is 17.7 Å². The molecule has 3 amide bonds. The largest absolute Gasteiger partial charge is 0.369 e. The molecule has 0 spiro atoms. The summed E-state index contributed by atoms with van der Waals surface area (Å²) in [6.45, 7) is 1.99. The van der Waals surface area contributed by atoms with Gasteiger partial charge in [-0.2, -0.15) is 0 Å². The number of amides is 3. The zero-order valence-corrected chi connectivity index (χ0v) is 13.2. The van der Waals surface area contributed by atoms with Gasteiger partial charge >= 0.3 is 0 Å². The molecule has 2 rings (SSSR count). The zero-order valence-electron chi connectivity index (χ0n) is 13.2. The van der Waals surface area contributed by atoms with E-state index in [2.05, 4.69) is 10.6 Å². The quantitative estimate of drug-likeness (QED) is 0.682. The fourth-order valence-electron chi connectivity index (χ4n) is 2.82. The normalized spacial score (nSPS) is 22.1. The monoisotopic (exact) mass is 317 g/mol. The minimum Gasteiger partial charge on any atom is -0.369 e. The number of rotatable bonds is 7. The number of primary amides is 1. The summed E-state index contributed by atoms with van der Waals surface area (Å²) < 4.78 is 0. The van der Waals surface area contributed by atoms with Crippen LogP contribution in [0.3, 0.4) is 0 Å². The van der Waals surface area contributed by atoms with Crippen LogP contribution in [0, 0.1) is 5.92 Å². The maximum absolute atomic E-state index is 12.3. The lowest BCUT2D eigenvalue weighted by molar-refractivity contribution is -0.140. The third kappa shape index (κ3) is 4.31. The molecule has 0 bridgehead atoms. The zero-order chi connectivity index (χ0) is 16.8. The van der Waals surface area contributed by atoms with Crippen molar-refractivity contribution in [2.75, 3.05) is 0 Å². The predicted molar refractivity (Wildman–Crippen MR) is 86.2 cm³/mol. The SMILES string of the molecule is CCCCC(C(N)=O)[C@@H]1NC(=O)[C@H](Cc2ccccc2)NC1=O. The van der Waals surface area contributed by atoms with Gasteiger partial charge in [-0.1, -0.05) is 50.1 Å². The summed E-state index contributed by atoms with van der Waals surface area (Å²) in [6.07, 6.45) is 2.58. The first kappa shape index (κ1) is 17.0. The summed E-state index contributed by atoms with van der Waals surface area (Å²) in [4.78, 5) is 36.2. The molecule has 124 valence electrons. The summed E-state index contributed by atoms with van der Waals surface area (Å²) in [5.41, 5.74) is 6.37. The molecule has 0 radical (unpaired) electrons. The Hall–Kier alpha value is -2.37. The highest BCUT2D eigenvalue weighted by Crippen LogP contribution is 2.17. The van der Waals surface area contributed by atoms with Crippen LogP contribution in [0.5, 0.6) is 0 Å². The highest BCUT2D eigenvalue weighted by atomic mass is 16.2. The molecule has 1 fully saturated rings. The molecule has 1 aromatic carbocycles. The third-order valence-corrected chi connectivity index (χ3v) is 4.13. The van der Waals surface area contributed by atoms with Gasteiger partial charge in [0, 0.05) is 6.42 Å². The van der Waals surface area contributed by atoms with Crippen molar-refractivity contribution < 1.29 is 14.4 Å². The number of unbranched alkanes of at least 4 members (excludes halogenated alkanes) is 1. The van der Waals surface area contributed by atoms with Crippen molar-refractivity contribution in [3.63, 3.8) is 0 Å². The second-order valence-electron chi connectivity index (χ2n) is 5.89. The number of nitrogens with one attached hydrogen (secondary N) is 2. The first-order valence-electron chi connectivity index (χ1n) is 7.97. The second-order valence-corrected chi connectivity index (χ2v) is 5.89. The summed E-state index contributed by atoms with van der Waals surface area (Å²) in [5.74, 6) is -1.84. The van der Waals surface area contributed by atoms with Crippen molar-refractivity contribution in [2.24, 2.45) is 11.7 Å². The van der Waals surface area contributed by atoms with Gasteiger partial charge in [-0.05, 0) is 12.0 Å².